The van der Waals surface area contributed by atoms with E-state index in [1.807, 2.05) is 0 Å². The van der Waals surface area contributed by atoms with E-state index in [4.69, 9.17) is 9.84 Å². The molecular formula is C12H16O3S. The fourth-order valence-corrected chi connectivity index (χ4v) is 2.82. The number of hydrogen-bond donors (Lipinski definition) is 1. The fourth-order valence-electron chi connectivity index (χ4n) is 2.17. The van der Waals surface area contributed by atoms with Crippen molar-refractivity contribution in [2.24, 2.45) is 5.92 Å². The molecule has 0 bridgehead atoms. The predicted octanol–water partition coefficient (Wildman–Crippen LogP) is 3.40. The van der Waals surface area contributed by atoms with Gasteiger partial charge in [-0.3, -0.25) is 0 Å². The third-order valence-electron chi connectivity index (χ3n) is 2.98. The zero-order valence-corrected chi connectivity index (χ0v) is 10.1. The topological polar surface area (TPSA) is 46.5 Å². The second-order valence-corrected chi connectivity index (χ2v) is 5.37. The van der Waals surface area contributed by atoms with Gasteiger partial charge in [-0.2, -0.15) is 0 Å². The molecule has 0 spiro atoms. The summed E-state index contributed by atoms with van der Waals surface area (Å²) in [4.78, 5) is 11.1. The SMILES string of the molecule is CC1CCCC(Oc2csc(C(=O)O)c2)C1. The second kappa shape index (κ2) is 4.87. The van der Waals surface area contributed by atoms with Gasteiger partial charge in [0.05, 0.1) is 6.10 Å². The largest absolute Gasteiger partial charge is 0.490 e. The van der Waals surface area contributed by atoms with Crippen LogP contribution in [-0.2, 0) is 0 Å². The lowest BCUT2D eigenvalue weighted by molar-refractivity contribution is 0.0701. The summed E-state index contributed by atoms with van der Waals surface area (Å²) in [5.74, 6) is 0.551. The van der Waals surface area contributed by atoms with Crippen molar-refractivity contribution in [3.05, 3.63) is 16.3 Å². The first-order valence-corrected chi connectivity index (χ1v) is 6.51. The lowest BCUT2D eigenvalue weighted by atomic mass is 9.89. The zero-order valence-electron chi connectivity index (χ0n) is 9.31. The van der Waals surface area contributed by atoms with Crippen LogP contribution >= 0.6 is 11.3 Å². The first-order valence-electron chi connectivity index (χ1n) is 5.63. The number of thiophene rings is 1. The lowest BCUT2D eigenvalue weighted by Crippen LogP contribution is -2.23. The third-order valence-corrected chi connectivity index (χ3v) is 3.87. The molecule has 1 saturated carbocycles. The molecule has 1 aromatic rings. The molecule has 0 aromatic carbocycles. The first kappa shape index (κ1) is 11.5. The van der Waals surface area contributed by atoms with Crippen molar-refractivity contribution in [1.82, 2.24) is 0 Å². The van der Waals surface area contributed by atoms with Gasteiger partial charge in [0.15, 0.2) is 0 Å². The van der Waals surface area contributed by atoms with Crippen LogP contribution in [0.4, 0.5) is 0 Å². The Kier molecular flexibility index (Phi) is 3.49. The molecule has 0 amide bonds. The van der Waals surface area contributed by atoms with Gasteiger partial charge >= 0.3 is 5.97 Å². The minimum Gasteiger partial charge on any atom is -0.490 e. The number of aromatic carboxylic acids is 1. The average molecular weight is 240 g/mol. The number of ether oxygens (including phenoxy) is 1. The Hall–Kier alpha value is -1.03. The van der Waals surface area contributed by atoms with Gasteiger partial charge in [0, 0.05) is 11.4 Å². The summed E-state index contributed by atoms with van der Waals surface area (Å²) in [7, 11) is 0. The zero-order chi connectivity index (χ0) is 11.5. The van der Waals surface area contributed by atoms with Crippen molar-refractivity contribution >= 4 is 17.3 Å². The summed E-state index contributed by atoms with van der Waals surface area (Å²) < 4.78 is 5.80. The second-order valence-electron chi connectivity index (χ2n) is 4.46. The van der Waals surface area contributed by atoms with Crippen molar-refractivity contribution in [3.63, 3.8) is 0 Å². The van der Waals surface area contributed by atoms with E-state index in [1.54, 1.807) is 11.4 Å². The Labute approximate surface area is 99.1 Å². The van der Waals surface area contributed by atoms with Crippen LogP contribution in [0.1, 0.15) is 42.3 Å². The van der Waals surface area contributed by atoms with Crippen LogP contribution in [0.15, 0.2) is 11.4 Å². The highest BCUT2D eigenvalue weighted by Gasteiger charge is 2.20. The Morgan fingerprint density at radius 2 is 2.38 bits per heavy atom. The molecule has 1 aliphatic rings. The van der Waals surface area contributed by atoms with Crippen LogP contribution in [0.3, 0.4) is 0 Å². The predicted molar refractivity (Wildman–Crippen MR) is 63.3 cm³/mol. The molecule has 0 saturated heterocycles. The average Bonchev–Trinajstić information content (AvgIpc) is 2.66. The molecule has 1 N–H and O–H groups in total. The van der Waals surface area contributed by atoms with Crippen LogP contribution < -0.4 is 4.74 Å². The molecule has 2 unspecified atom stereocenters. The molecule has 1 fully saturated rings. The Morgan fingerprint density at radius 1 is 1.56 bits per heavy atom. The molecular weight excluding hydrogens is 224 g/mol. The van der Waals surface area contributed by atoms with Gasteiger partial charge in [-0.1, -0.05) is 13.3 Å². The maximum atomic E-state index is 10.7. The third kappa shape index (κ3) is 2.76. The molecule has 3 nitrogen and oxygen atoms in total. The van der Waals surface area contributed by atoms with E-state index >= 15 is 0 Å². The summed E-state index contributed by atoms with van der Waals surface area (Å²) in [5.41, 5.74) is 0. The highest BCUT2D eigenvalue weighted by molar-refractivity contribution is 7.12. The molecule has 88 valence electrons. The van der Waals surface area contributed by atoms with Crippen LogP contribution in [0, 0.1) is 5.92 Å². The molecule has 1 aromatic heterocycles. The van der Waals surface area contributed by atoms with E-state index in [-0.39, 0.29) is 6.10 Å². The fraction of sp³-hybridized carbons (Fsp3) is 0.583. The summed E-state index contributed by atoms with van der Waals surface area (Å²) in [6.45, 7) is 2.24. The van der Waals surface area contributed by atoms with Gasteiger partial charge in [-0.15, -0.1) is 11.3 Å². The summed E-state index contributed by atoms with van der Waals surface area (Å²) in [5, 5.41) is 10.6. The molecule has 1 aliphatic carbocycles. The summed E-state index contributed by atoms with van der Waals surface area (Å²) in [6.07, 6.45) is 4.92. The lowest BCUT2D eigenvalue weighted by Gasteiger charge is -2.26. The number of carboxylic acids is 1. The van der Waals surface area contributed by atoms with E-state index in [0.717, 1.165) is 18.8 Å². The van der Waals surface area contributed by atoms with Crippen LogP contribution in [0.2, 0.25) is 0 Å². The Morgan fingerprint density at radius 3 is 3.00 bits per heavy atom. The number of carboxylic acid groups (broad SMARTS) is 1. The van der Waals surface area contributed by atoms with Crippen LogP contribution in [-0.4, -0.2) is 17.2 Å². The van der Waals surface area contributed by atoms with E-state index in [0.29, 0.717) is 10.6 Å². The van der Waals surface area contributed by atoms with Gasteiger partial charge in [0.1, 0.15) is 10.6 Å². The maximum absolute atomic E-state index is 10.7. The van der Waals surface area contributed by atoms with Crippen molar-refractivity contribution < 1.29 is 14.6 Å². The molecule has 2 atom stereocenters. The summed E-state index contributed by atoms with van der Waals surface area (Å²) >= 11 is 1.22. The minimum absolute atomic E-state index is 0.264. The quantitative estimate of drug-likeness (QED) is 0.880. The molecule has 16 heavy (non-hydrogen) atoms. The van der Waals surface area contributed by atoms with Crippen LogP contribution in [0.25, 0.3) is 0 Å². The van der Waals surface area contributed by atoms with Crippen LogP contribution in [0.5, 0.6) is 5.75 Å². The molecule has 0 aliphatic heterocycles. The molecule has 1 heterocycles. The van der Waals surface area contributed by atoms with Gasteiger partial charge in [0.25, 0.3) is 0 Å². The van der Waals surface area contributed by atoms with Crippen molar-refractivity contribution in [1.29, 1.82) is 0 Å². The molecule has 4 heteroatoms. The number of hydrogen-bond acceptors (Lipinski definition) is 3. The van der Waals surface area contributed by atoms with Crippen molar-refractivity contribution in [2.45, 2.75) is 38.7 Å². The van der Waals surface area contributed by atoms with E-state index in [1.165, 1.54) is 24.2 Å². The normalized spacial score (nSPS) is 25.3. The molecule has 0 radical (unpaired) electrons. The van der Waals surface area contributed by atoms with E-state index < -0.39 is 5.97 Å². The minimum atomic E-state index is -0.878. The van der Waals surface area contributed by atoms with Gasteiger partial charge < -0.3 is 9.84 Å². The van der Waals surface area contributed by atoms with E-state index in [9.17, 15) is 4.79 Å². The highest BCUT2D eigenvalue weighted by Crippen LogP contribution is 2.29. The standard InChI is InChI=1S/C12H16O3S/c1-8-3-2-4-9(5-8)15-10-6-11(12(13)14)16-7-10/h6-9H,2-5H2,1H3,(H,13,14). The first-order chi connectivity index (χ1) is 7.65. The smallest absolute Gasteiger partial charge is 0.346 e. The highest BCUT2D eigenvalue weighted by atomic mass is 32.1. The van der Waals surface area contributed by atoms with E-state index in [2.05, 4.69) is 6.92 Å². The van der Waals surface area contributed by atoms with Gasteiger partial charge in [-0.05, 0) is 25.2 Å². The number of rotatable bonds is 3. The Bertz CT molecular complexity index is 372. The summed E-state index contributed by atoms with van der Waals surface area (Å²) in [6, 6.07) is 1.62. The van der Waals surface area contributed by atoms with Gasteiger partial charge in [0.2, 0.25) is 0 Å². The molecule has 2 rings (SSSR count). The number of carbonyl (C=O) groups is 1. The monoisotopic (exact) mass is 240 g/mol. The maximum Gasteiger partial charge on any atom is 0.346 e. The van der Waals surface area contributed by atoms with Crippen molar-refractivity contribution in [3.8, 4) is 5.75 Å². The van der Waals surface area contributed by atoms with Crippen molar-refractivity contribution in [2.75, 3.05) is 0 Å². The van der Waals surface area contributed by atoms with Gasteiger partial charge in [-0.25, -0.2) is 4.79 Å². The Balaban J connectivity index is 1.95.